The van der Waals surface area contributed by atoms with Gasteiger partial charge in [0.2, 0.25) is 0 Å². The van der Waals surface area contributed by atoms with E-state index in [1.165, 1.54) is 12.1 Å². The van der Waals surface area contributed by atoms with E-state index in [1.807, 2.05) is 25.1 Å². The van der Waals surface area contributed by atoms with Gasteiger partial charge in [0.1, 0.15) is 5.82 Å². The smallest absolute Gasteiger partial charge is 0.307 e. The van der Waals surface area contributed by atoms with Gasteiger partial charge in [-0.3, -0.25) is 4.79 Å². The van der Waals surface area contributed by atoms with Gasteiger partial charge < -0.3 is 10.6 Å². The molecule has 0 spiro atoms. The molecule has 0 heterocycles. The highest BCUT2D eigenvalue weighted by atomic mass is 19.1. The second-order valence-electron chi connectivity index (χ2n) is 3.85. The number of aryl methyl sites for hydroxylation is 1. The van der Waals surface area contributed by atoms with Crippen molar-refractivity contribution >= 4 is 5.97 Å². The van der Waals surface area contributed by atoms with E-state index in [1.54, 1.807) is 24.3 Å². The zero-order valence-corrected chi connectivity index (χ0v) is 10.6. The number of carboxylic acids is 1. The molecule has 0 radical (unpaired) electrons. The molecule has 0 aliphatic heterocycles. The summed E-state index contributed by atoms with van der Waals surface area (Å²) in [5.41, 5.74) is 1.93. The molecule has 0 aliphatic carbocycles. The second-order valence-corrected chi connectivity index (χ2v) is 3.85. The highest BCUT2D eigenvalue weighted by Gasteiger charge is 1.96. The largest absolute Gasteiger partial charge is 0.481 e. The Labute approximate surface area is 111 Å². The molecule has 4 heteroatoms. The van der Waals surface area contributed by atoms with Gasteiger partial charge >= 0.3 is 5.97 Å². The first-order chi connectivity index (χ1) is 8.58. The minimum atomic E-state index is -0.786. The zero-order chi connectivity index (χ0) is 13.4. The van der Waals surface area contributed by atoms with Crippen LogP contribution in [0.15, 0.2) is 54.6 Å². The Balaban J connectivity index is 0.000000331. The summed E-state index contributed by atoms with van der Waals surface area (Å²) in [7, 11) is 0. The topological polar surface area (TPSA) is 68.8 Å². The molecule has 0 fully saturated rings. The molecular formula is C15H17FO3. The summed E-state index contributed by atoms with van der Waals surface area (Å²) in [6.45, 7) is 1.93. The van der Waals surface area contributed by atoms with Gasteiger partial charge in [0.15, 0.2) is 0 Å². The molecular weight excluding hydrogens is 247 g/mol. The van der Waals surface area contributed by atoms with Crippen LogP contribution in [0.2, 0.25) is 0 Å². The summed E-state index contributed by atoms with van der Waals surface area (Å²) >= 11 is 0. The maximum absolute atomic E-state index is 12.1. The fourth-order valence-electron chi connectivity index (χ4n) is 1.30. The molecule has 0 unspecified atom stereocenters. The van der Waals surface area contributed by atoms with Gasteiger partial charge in [-0.1, -0.05) is 48.0 Å². The Hall–Kier alpha value is -2.20. The van der Waals surface area contributed by atoms with Gasteiger partial charge in [-0.05, 0) is 24.6 Å². The summed E-state index contributed by atoms with van der Waals surface area (Å²) < 4.78 is 12.1. The van der Waals surface area contributed by atoms with Crippen LogP contribution in [0.4, 0.5) is 4.39 Å². The molecule has 2 aromatic carbocycles. The fourth-order valence-corrected chi connectivity index (χ4v) is 1.30. The van der Waals surface area contributed by atoms with E-state index >= 15 is 0 Å². The van der Waals surface area contributed by atoms with Crippen LogP contribution in [0, 0.1) is 12.7 Å². The van der Waals surface area contributed by atoms with E-state index in [2.05, 4.69) is 0 Å². The molecule has 0 atom stereocenters. The van der Waals surface area contributed by atoms with Gasteiger partial charge in [0.05, 0.1) is 6.42 Å². The van der Waals surface area contributed by atoms with Crippen LogP contribution in [0.5, 0.6) is 0 Å². The van der Waals surface area contributed by atoms with Crippen molar-refractivity contribution in [2.45, 2.75) is 13.3 Å². The molecule has 2 aromatic rings. The molecule has 3 N–H and O–H groups in total. The van der Waals surface area contributed by atoms with Crippen molar-refractivity contribution in [1.82, 2.24) is 0 Å². The number of hydrogen-bond donors (Lipinski definition) is 1. The SMILES string of the molecule is Cc1ccc(F)cc1.O.O=C(O)Cc1ccccc1. The normalized spacial score (nSPS) is 8.74. The molecule has 0 bridgehead atoms. The maximum atomic E-state index is 12.1. The summed E-state index contributed by atoms with van der Waals surface area (Å²) in [6.07, 6.45) is 0.112. The van der Waals surface area contributed by atoms with E-state index in [-0.39, 0.29) is 17.7 Å². The van der Waals surface area contributed by atoms with Crippen LogP contribution < -0.4 is 0 Å². The summed E-state index contributed by atoms with van der Waals surface area (Å²) in [6, 6.07) is 15.5. The minimum absolute atomic E-state index is 0. The van der Waals surface area contributed by atoms with E-state index in [0.29, 0.717) is 0 Å². The Kier molecular flexibility index (Phi) is 7.81. The van der Waals surface area contributed by atoms with E-state index in [0.717, 1.165) is 11.1 Å². The Morgan fingerprint density at radius 3 is 2.00 bits per heavy atom. The van der Waals surface area contributed by atoms with Crippen molar-refractivity contribution in [2.75, 3.05) is 0 Å². The Morgan fingerprint density at radius 1 is 1.05 bits per heavy atom. The van der Waals surface area contributed by atoms with Gasteiger partial charge in [-0.25, -0.2) is 4.39 Å². The zero-order valence-electron chi connectivity index (χ0n) is 10.6. The average molecular weight is 264 g/mol. The Morgan fingerprint density at radius 2 is 1.58 bits per heavy atom. The number of halogens is 1. The number of carboxylic acid groups (broad SMARTS) is 1. The average Bonchev–Trinajstić information content (AvgIpc) is 2.34. The third kappa shape index (κ3) is 7.68. The molecule has 0 aliphatic rings. The summed E-state index contributed by atoms with van der Waals surface area (Å²) in [5, 5.41) is 8.37. The third-order valence-corrected chi connectivity index (χ3v) is 2.21. The van der Waals surface area contributed by atoms with Crippen LogP contribution >= 0.6 is 0 Å². The van der Waals surface area contributed by atoms with Crippen LogP contribution in [0.1, 0.15) is 11.1 Å². The lowest BCUT2D eigenvalue weighted by atomic mass is 10.2. The van der Waals surface area contributed by atoms with E-state index in [9.17, 15) is 9.18 Å². The lowest BCUT2D eigenvalue weighted by molar-refractivity contribution is -0.136. The van der Waals surface area contributed by atoms with Crippen LogP contribution in [-0.4, -0.2) is 16.6 Å². The number of rotatable bonds is 2. The number of carbonyl (C=O) groups is 1. The highest BCUT2D eigenvalue weighted by molar-refractivity contribution is 5.70. The first-order valence-corrected chi connectivity index (χ1v) is 5.56. The molecule has 0 aromatic heterocycles. The van der Waals surface area contributed by atoms with Crippen molar-refractivity contribution in [1.29, 1.82) is 0 Å². The van der Waals surface area contributed by atoms with Crippen LogP contribution in [0.25, 0.3) is 0 Å². The van der Waals surface area contributed by atoms with Crippen molar-refractivity contribution in [3.63, 3.8) is 0 Å². The van der Waals surface area contributed by atoms with Crippen molar-refractivity contribution in [2.24, 2.45) is 0 Å². The predicted molar refractivity (Wildman–Crippen MR) is 72.5 cm³/mol. The van der Waals surface area contributed by atoms with Crippen LogP contribution in [-0.2, 0) is 11.2 Å². The standard InChI is InChI=1S/C8H8O2.C7H7F.H2O/c9-8(10)6-7-4-2-1-3-5-7;1-6-2-4-7(8)5-3-6;/h1-5H,6H2,(H,9,10);2-5H,1H3;1H2. The quantitative estimate of drug-likeness (QED) is 0.905. The highest BCUT2D eigenvalue weighted by Crippen LogP contribution is 1.99. The lowest BCUT2D eigenvalue weighted by Crippen LogP contribution is -1.98. The van der Waals surface area contributed by atoms with Crippen molar-refractivity contribution in [3.8, 4) is 0 Å². The second kappa shape index (κ2) is 8.83. The maximum Gasteiger partial charge on any atom is 0.307 e. The van der Waals surface area contributed by atoms with Crippen LogP contribution in [0.3, 0.4) is 0 Å². The summed E-state index contributed by atoms with van der Waals surface area (Å²) in [5.74, 6) is -0.957. The van der Waals surface area contributed by atoms with Gasteiger partial charge in [0, 0.05) is 0 Å². The first-order valence-electron chi connectivity index (χ1n) is 5.56. The minimum Gasteiger partial charge on any atom is -0.481 e. The molecule has 102 valence electrons. The third-order valence-electron chi connectivity index (χ3n) is 2.21. The molecule has 2 rings (SSSR count). The lowest BCUT2D eigenvalue weighted by Gasteiger charge is -1.92. The number of benzene rings is 2. The summed E-state index contributed by atoms with van der Waals surface area (Å²) in [4.78, 5) is 10.2. The van der Waals surface area contributed by atoms with Crippen molar-refractivity contribution in [3.05, 3.63) is 71.5 Å². The van der Waals surface area contributed by atoms with Gasteiger partial charge in [0.25, 0.3) is 0 Å². The first kappa shape index (κ1) is 16.8. The molecule has 19 heavy (non-hydrogen) atoms. The Bertz CT molecular complexity index is 460. The number of aliphatic carboxylic acids is 1. The monoisotopic (exact) mass is 264 g/mol. The molecule has 0 saturated heterocycles. The number of hydrogen-bond acceptors (Lipinski definition) is 1. The molecule has 0 saturated carbocycles. The van der Waals surface area contributed by atoms with E-state index < -0.39 is 5.97 Å². The molecule has 3 nitrogen and oxygen atoms in total. The fraction of sp³-hybridized carbons (Fsp3) is 0.133. The predicted octanol–water partition coefficient (Wildman–Crippen LogP) is 2.62. The van der Waals surface area contributed by atoms with Gasteiger partial charge in [-0.15, -0.1) is 0 Å². The molecule has 0 amide bonds. The van der Waals surface area contributed by atoms with E-state index in [4.69, 9.17) is 5.11 Å². The van der Waals surface area contributed by atoms with Gasteiger partial charge in [-0.2, -0.15) is 0 Å². The van der Waals surface area contributed by atoms with Crippen molar-refractivity contribution < 1.29 is 19.8 Å².